The Hall–Kier alpha value is 0.0900. The molecule has 1 aliphatic rings. The molecule has 0 nitrogen and oxygen atoms in total. The Morgan fingerprint density at radius 3 is 2.79 bits per heavy atom. The lowest BCUT2D eigenvalue weighted by Crippen LogP contribution is -2.13. The molecule has 1 heteroatoms. The monoisotopic (exact) mass is 212 g/mol. The van der Waals surface area contributed by atoms with E-state index >= 15 is 0 Å². The Labute approximate surface area is 94.6 Å². The van der Waals surface area contributed by atoms with E-state index in [4.69, 9.17) is 0 Å². The summed E-state index contributed by atoms with van der Waals surface area (Å²) < 4.78 is 0. The summed E-state index contributed by atoms with van der Waals surface area (Å²) in [6.07, 6.45) is 12.0. The number of rotatable bonds is 5. The van der Waals surface area contributed by atoms with Crippen molar-refractivity contribution >= 4 is 12.6 Å². The molecule has 0 aromatic heterocycles. The fraction of sp³-hybridized carbons (Fsp3) is 0.846. The minimum Gasteiger partial charge on any atom is -0.172 e. The molecule has 0 aliphatic heterocycles. The van der Waals surface area contributed by atoms with Crippen LogP contribution in [0.15, 0.2) is 11.6 Å². The van der Waals surface area contributed by atoms with Crippen LogP contribution in [0.2, 0.25) is 0 Å². The second kappa shape index (κ2) is 6.55. The maximum Gasteiger partial charge on any atom is 0.0202 e. The van der Waals surface area contributed by atoms with E-state index in [0.717, 1.165) is 5.92 Å². The first-order valence-electron chi connectivity index (χ1n) is 6.07. The van der Waals surface area contributed by atoms with Crippen LogP contribution in [0.4, 0.5) is 0 Å². The number of hydrogen-bond donors (Lipinski definition) is 1. The van der Waals surface area contributed by atoms with Crippen molar-refractivity contribution in [2.45, 2.75) is 64.0 Å². The van der Waals surface area contributed by atoms with Gasteiger partial charge in [-0.2, -0.15) is 12.6 Å². The van der Waals surface area contributed by atoms with Crippen LogP contribution in [0, 0.1) is 5.92 Å². The van der Waals surface area contributed by atoms with Crippen LogP contribution >= 0.6 is 12.6 Å². The number of unbranched alkanes of at least 4 members (excludes halogenated alkanes) is 3. The molecule has 2 atom stereocenters. The molecule has 0 amide bonds. The SMILES string of the molecule is CCCCCCC1CC(C)=CC(S)C1. The van der Waals surface area contributed by atoms with Crippen LogP contribution in [0.1, 0.15) is 58.8 Å². The molecule has 2 unspecified atom stereocenters. The van der Waals surface area contributed by atoms with Gasteiger partial charge in [-0.25, -0.2) is 0 Å². The summed E-state index contributed by atoms with van der Waals surface area (Å²) in [5.74, 6) is 0.916. The zero-order valence-electron chi connectivity index (χ0n) is 9.63. The van der Waals surface area contributed by atoms with Gasteiger partial charge in [-0.15, -0.1) is 0 Å². The van der Waals surface area contributed by atoms with Gasteiger partial charge in [-0.1, -0.05) is 50.7 Å². The average Bonchev–Trinajstić information content (AvgIpc) is 2.11. The van der Waals surface area contributed by atoms with E-state index in [-0.39, 0.29) is 0 Å². The van der Waals surface area contributed by atoms with Crippen molar-refractivity contribution < 1.29 is 0 Å². The average molecular weight is 212 g/mol. The summed E-state index contributed by atoms with van der Waals surface area (Å²) >= 11 is 4.57. The van der Waals surface area contributed by atoms with Gasteiger partial charge >= 0.3 is 0 Å². The van der Waals surface area contributed by atoms with Crippen molar-refractivity contribution in [1.82, 2.24) is 0 Å². The molecule has 0 bridgehead atoms. The van der Waals surface area contributed by atoms with Gasteiger partial charge in [-0.05, 0) is 25.7 Å². The predicted octanol–water partition coefficient (Wildman–Crippen LogP) is 4.61. The first-order valence-corrected chi connectivity index (χ1v) is 6.59. The molecule has 0 spiro atoms. The second-order valence-electron chi connectivity index (χ2n) is 4.74. The van der Waals surface area contributed by atoms with Gasteiger partial charge in [-0.3, -0.25) is 0 Å². The summed E-state index contributed by atoms with van der Waals surface area (Å²) in [5, 5.41) is 0.528. The Morgan fingerprint density at radius 2 is 2.14 bits per heavy atom. The third kappa shape index (κ3) is 4.54. The minimum absolute atomic E-state index is 0.528. The Balaban J connectivity index is 2.16. The van der Waals surface area contributed by atoms with E-state index in [1.165, 1.54) is 44.9 Å². The Kier molecular flexibility index (Phi) is 5.69. The molecule has 0 fully saturated rings. The molecular weight excluding hydrogens is 188 g/mol. The van der Waals surface area contributed by atoms with Gasteiger partial charge in [0.2, 0.25) is 0 Å². The van der Waals surface area contributed by atoms with E-state index in [1.807, 2.05) is 0 Å². The molecule has 0 aromatic carbocycles. The van der Waals surface area contributed by atoms with E-state index in [2.05, 4.69) is 32.6 Å². The summed E-state index contributed by atoms with van der Waals surface area (Å²) in [5.41, 5.74) is 1.55. The van der Waals surface area contributed by atoms with E-state index in [1.54, 1.807) is 5.57 Å². The smallest absolute Gasteiger partial charge is 0.0202 e. The molecule has 0 saturated carbocycles. The molecule has 82 valence electrons. The van der Waals surface area contributed by atoms with Gasteiger partial charge in [0, 0.05) is 5.25 Å². The molecule has 1 aliphatic carbocycles. The lowest BCUT2D eigenvalue weighted by atomic mass is 9.85. The van der Waals surface area contributed by atoms with Crippen molar-refractivity contribution in [2.75, 3.05) is 0 Å². The zero-order chi connectivity index (χ0) is 10.4. The highest BCUT2D eigenvalue weighted by molar-refractivity contribution is 7.81. The van der Waals surface area contributed by atoms with Crippen LogP contribution in [0.5, 0.6) is 0 Å². The van der Waals surface area contributed by atoms with Crippen LogP contribution < -0.4 is 0 Å². The largest absolute Gasteiger partial charge is 0.172 e. The third-order valence-electron chi connectivity index (χ3n) is 3.13. The van der Waals surface area contributed by atoms with E-state index in [9.17, 15) is 0 Å². The maximum atomic E-state index is 4.57. The summed E-state index contributed by atoms with van der Waals surface area (Å²) in [4.78, 5) is 0. The highest BCUT2D eigenvalue weighted by Gasteiger charge is 2.17. The fourth-order valence-corrected chi connectivity index (χ4v) is 2.98. The first kappa shape index (κ1) is 12.2. The summed E-state index contributed by atoms with van der Waals surface area (Å²) in [7, 11) is 0. The van der Waals surface area contributed by atoms with Crippen LogP contribution in [0.3, 0.4) is 0 Å². The standard InChI is InChI=1S/C13H24S/c1-3-4-5-6-7-12-8-11(2)9-13(14)10-12/h9,12-14H,3-8,10H2,1-2H3. The molecule has 0 N–H and O–H groups in total. The van der Waals surface area contributed by atoms with Gasteiger partial charge in [0.1, 0.15) is 0 Å². The van der Waals surface area contributed by atoms with Crippen molar-refractivity contribution in [3.8, 4) is 0 Å². The minimum atomic E-state index is 0.528. The molecule has 14 heavy (non-hydrogen) atoms. The van der Waals surface area contributed by atoms with Crippen molar-refractivity contribution in [3.05, 3.63) is 11.6 Å². The highest BCUT2D eigenvalue weighted by Crippen LogP contribution is 2.30. The predicted molar refractivity (Wildman–Crippen MR) is 68.0 cm³/mol. The van der Waals surface area contributed by atoms with E-state index in [0.29, 0.717) is 5.25 Å². The van der Waals surface area contributed by atoms with Crippen LogP contribution in [0.25, 0.3) is 0 Å². The van der Waals surface area contributed by atoms with E-state index < -0.39 is 0 Å². The third-order valence-corrected chi connectivity index (χ3v) is 3.49. The number of allylic oxidation sites excluding steroid dienone is 1. The van der Waals surface area contributed by atoms with Gasteiger partial charge < -0.3 is 0 Å². The molecule has 0 aromatic rings. The van der Waals surface area contributed by atoms with Gasteiger partial charge in [0.05, 0.1) is 0 Å². The summed E-state index contributed by atoms with van der Waals surface area (Å²) in [6.45, 7) is 4.53. The Morgan fingerprint density at radius 1 is 1.36 bits per heavy atom. The maximum absolute atomic E-state index is 4.57. The lowest BCUT2D eigenvalue weighted by Gasteiger charge is -2.24. The molecule has 1 rings (SSSR count). The normalized spacial score (nSPS) is 27.5. The molecular formula is C13H24S. The summed E-state index contributed by atoms with van der Waals surface area (Å²) in [6, 6.07) is 0. The number of thiol groups is 1. The first-order chi connectivity index (χ1) is 6.72. The second-order valence-corrected chi connectivity index (χ2v) is 5.40. The van der Waals surface area contributed by atoms with Gasteiger partial charge in [0.25, 0.3) is 0 Å². The topological polar surface area (TPSA) is 0 Å². The van der Waals surface area contributed by atoms with Crippen molar-refractivity contribution in [2.24, 2.45) is 5.92 Å². The highest BCUT2D eigenvalue weighted by atomic mass is 32.1. The fourth-order valence-electron chi connectivity index (χ4n) is 2.42. The van der Waals surface area contributed by atoms with Crippen LogP contribution in [-0.2, 0) is 0 Å². The number of hydrogen-bond acceptors (Lipinski definition) is 1. The quantitative estimate of drug-likeness (QED) is 0.384. The van der Waals surface area contributed by atoms with Crippen molar-refractivity contribution in [1.29, 1.82) is 0 Å². The Bertz CT molecular complexity index is 184. The van der Waals surface area contributed by atoms with Gasteiger partial charge in [0.15, 0.2) is 0 Å². The zero-order valence-corrected chi connectivity index (χ0v) is 10.5. The van der Waals surface area contributed by atoms with Crippen LogP contribution in [-0.4, -0.2) is 5.25 Å². The van der Waals surface area contributed by atoms with Crippen molar-refractivity contribution in [3.63, 3.8) is 0 Å². The molecule has 0 radical (unpaired) electrons. The molecule has 0 saturated heterocycles. The molecule has 0 heterocycles. The lowest BCUT2D eigenvalue weighted by molar-refractivity contribution is 0.416.